The topological polar surface area (TPSA) is 85.0 Å². The fourth-order valence-electron chi connectivity index (χ4n) is 3.18. The van der Waals surface area contributed by atoms with Crippen LogP contribution in [0.15, 0.2) is 48.0 Å². The van der Waals surface area contributed by atoms with Crippen LogP contribution in [0.1, 0.15) is 35.9 Å². The van der Waals surface area contributed by atoms with E-state index in [4.69, 9.17) is 4.99 Å². The quantitative estimate of drug-likeness (QED) is 0.330. The van der Waals surface area contributed by atoms with Gasteiger partial charge in [-0.05, 0) is 44.4 Å². The van der Waals surface area contributed by atoms with Gasteiger partial charge >= 0.3 is 0 Å². The average molecular weight is 395 g/mol. The highest BCUT2D eigenvalue weighted by atomic mass is 15.3. The number of benzene rings is 1. The van der Waals surface area contributed by atoms with Crippen LogP contribution in [0, 0.1) is 13.8 Å². The van der Waals surface area contributed by atoms with Crippen LogP contribution < -0.4 is 10.6 Å². The molecule has 0 saturated heterocycles. The summed E-state index contributed by atoms with van der Waals surface area (Å²) in [7, 11) is 0. The predicted molar refractivity (Wildman–Crippen MR) is 115 cm³/mol. The number of hydrogen-bond acceptors (Lipinski definition) is 4. The molecule has 3 rings (SSSR count). The standard InChI is InChI=1S/C21H30N8/c1-4-23-21(24-9-6-10-29-18(3)11-17(2)27-29)25-13-19-7-5-8-20(12-19)14-28-16-22-15-26-28/h5,7-8,11-12,15-16H,4,6,9-10,13-14H2,1-3H3,(H2,23,24,25). The molecule has 0 saturated carbocycles. The maximum Gasteiger partial charge on any atom is 0.191 e. The third-order valence-corrected chi connectivity index (χ3v) is 4.51. The Hall–Kier alpha value is -3.16. The van der Waals surface area contributed by atoms with Crippen LogP contribution in [0.5, 0.6) is 0 Å². The number of guanidine groups is 1. The number of nitrogens with zero attached hydrogens (tertiary/aromatic N) is 6. The van der Waals surface area contributed by atoms with E-state index in [2.05, 4.69) is 74.7 Å². The van der Waals surface area contributed by atoms with Crippen molar-refractivity contribution < 1.29 is 0 Å². The Balaban J connectivity index is 1.51. The Morgan fingerprint density at radius 2 is 2.00 bits per heavy atom. The van der Waals surface area contributed by atoms with Gasteiger partial charge in [-0.1, -0.05) is 24.3 Å². The molecular weight excluding hydrogens is 364 g/mol. The van der Waals surface area contributed by atoms with E-state index in [1.54, 1.807) is 12.7 Å². The minimum Gasteiger partial charge on any atom is -0.357 e. The van der Waals surface area contributed by atoms with E-state index >= 15 is 0 Å². The Morgan fingerprint density at radius 3 is 2.72 bits per heavy atom. The molecule has 2 heterocycles. The van der Waals surface area contributed by atoms with Gasteiger partial charge in [-0.25, -0.2) is 14.7 Å². The van der Waals surface area contributed by atoms with Gasteiger partial charge in [0.25, 0.3) is 0 Å². The molecule has 0 spiro atoms. The molecule has 0 aliphatic heterocycles. The first-order valence-electron chi connectivity index (χ1n) is 10.1. The molecule has 0 radical (unpaired) electrons. The zero-order valence-corrected chi connectivity index (χ0v) is 17.5. The van der Waals surface area contributed by atoms with Gasteiger partial charge in [0, 0.05) is 25.3 Å². The molecule has 1 aromatic carbocycles. The van der Waals surface area contributed by atoms with E-state index in [0.717, 1.165) is 37.7 Å². The van der Waals surface area contributed by atoms with Crippen LogP contribution in [0.25, 0.3) is 0 Å². The van der Waals surface area contributed by atoms with Crippen molar-refractivity contribution in [2.24, 2.45) is 4.99 Å². The molecule has 29 heavy (non-hydrogen) atoms. The molecule has 2 N–H and O–H groups in total. The molecule has 2 aromatic heterocycles. The number of aryl methyl sites for hydroxylation is 3. The van der Waals surface area contributed by atoms with E-state index in [9.17, 15) is 0 Å². The highest BCUT2D eigenvalue weighted by Crippen LogP contribution is 2.08. The summed E-state index contributed by atoms with van der Waals surface area (Å²) in [4.78, 5) is 8.71. The lowest BCUT2D eigenvalue weighted by Gasteiger charge is -2.12. The molecule has 8 nitrogen and oxygen atoms in total. The van der Waals surface area contributed by atoms with E-state index in [0.29, 0.717) is 13.1 Å². The SMILES string of the molecule is CCNC(=NCc1cccc(Cn2cncn2)c1)NCCCn1nc(C)cc1C. The van der Waals surface area contributed by atoms with Crippen LogP contribution in [0.3, 0.4) is 0 Å². The fourth-order valence-corrected chi connectivity index (χ4v) is 3.18. The zero-order valence-electron chi connectivity index (χ0n) is 17.5. The maximum absolute atomic E-state index is 4.73. The number of aliphatic imine (C=N–C) groups is 1. The summed E-state index contributed by atoms with van der Waals surface area (Å²) in [5.41, 5.74) is 4.62. The molecule has 0 bridgehead atoms. The van der Waals surface area contributed by atoms with Gasteiger partial charge in [-0.2, -0.15) is 10.2 Å². The summed E-state index contributed by atoms with van der Waals surface area (Å²) in [5.74, 6) is 0.836. The number of nitrogens with one attached hydrogen (secondary N) is 2. The third kappa shape index (κ3) is 6.44. The van der Waals surface area contributed by atoms with Crippen LogP contribution >= 0.6 is 0 Å². The summed E-state index contributed by atoms with van der Waals surface area (Å²) in [5, 5.41) is 15.4. The van der Waals surface area contributed by atoms with Crippen LogP contribution in [0.4, 0.5) is 0 Å². The summed E-state index contributed by atoms with van der Waals surface area (Å²) in [6.07, 6.45) is 4.27. The number of rotatable bonds is 9. The molecule has 0 amide bonds. The van der Waals surface area contributed by atoms with Gasteiger partial charge in [0.1, 0.15) is 12.7 Å². The zero-order chi connectivity index (χ0) is 20.5. The monoisotopic (exact) mass is 394 g/mol. The Labute approximate surface area is 172 Å². The van der Waals surface area contributed by atoms with Gasteiger partial charge < -0.3 is 10.6 Å². The lowest BCUT2D eigenvalue weighted by atomic mass is 10.1. The van der Waals surface area contributed by atoms with E-state index in [1.807, 2.05) is 11.6 Å². The fraction of sp³-hybridized carbons (Fsp3) is 0.429. The second-order valence-corrected chi connectivity index (χ2v) is 7.04. The van der Waals surface area contributed by atoms with E-state index in [1.165, 1.54) is 16.8 Å². The maximum atomic E-state index is 4.73. The van der Waals surface area contributed by atoms with Gasteiger partial charge in [-0.3, -0.25) is 4.68 Å². The van der Waals surface area contributed by atoms with Crippen LogP contribution in [-0.2, 0) is 19.6 Å². The van der Waals surface area contributed by atoms with Gasteiger partial charge in [0.05, 0.1) is 18.8 Å². The lowest BCUT2D eigenvalue weighted by Crippen LogP contribution is -2.38. The number of hydrogen-bond donors (Lipinski definition) is 2. The van der Waals surface area contributed by atoms with Crippen LogP contribution in [-0.4, -0.2) is 43.6 Å². The predicted octanol–water partition coefficient (Wildman–Crippen LogP) is 2.29. The second-order valence-electron chi connectivity index (χ2n) is 7.04. The highest BCUT2D eigenvalue weighted by molar-refractivity contribution is 5.79. The average Bonchev–Trinajstić information content (AvgIpc) is 3.32. The highest BCUT2D eigenvalue weighted by Gasteiger charge is 2.02. The molecule has 154 valence electrons. The molecule has 0 unspecified atom stereocenters. The largest absolute Gasteiger partial charge is 0.357 e. The van der Waals surface area contributed by atoms with Crippen molar-refractivity contribution >= 4 is 5.96 Å². The molecule has 0 aliphatic carbocycles. The van der Waals surface area contributed by atoms with Crippen molar-refractivity contribution in [3.8, 4) is 0 Å². The molecule has 0 aliphatic rings. The minimum absolute atomic E-state index is 0.623. The van der Waals surface area contributed by atoms with Gasteiger partial charge in [0.15, 0.2) is 5.96 Å². The van der Waals surface area contributed by atoms with Crippen molar-refractivity contribution in [3.05, 3.63) is 65.5 Å². The smallest absolute Gasteiger partial charge is 0.191 e. The summed E-state index contributed by atoms with van der Waals surface area (Å²) in [6.45, 7) is 10.1. The Morgan fingerprint density at radius 1 is 1.14 bits per heavy atom. The third-order valence-electron chi connectivity index (χ3n) is 4.51. The summed E-state index contributed by atoms with van der Waals surface area (Å²) in [6, 6.07) is 10.5. The minimum atomic E-state index is 0.623. The summed E-state index contributed by atoms with van der Waals surface area (Å²) < 4.78 is 3.87. The van der Waals surface area contributed by atoms with E-state index in [-0.39, 0.29) is 0 Å². The number of aromatic nitrogens is 5. The molecular formula is C21H30N8. The van der Waals surface area contributed by atoms with E-state index < -0.39 is 0 Å². The first kappa shape index (κ1) is 20.6. The lowest BCUT2D eigenvalue weighted by molar-refractivity contribution is 0.555. The second kappa shape index (κ2) is 10.4. The normalized spacial score (nSPS) is 11.6. The Kier molecular flexibility index (Phi) is 7.38. The Bertz CT molecular complexity index is 911. The summed E-state index contributed by atoms with van der Waals surface area (Å²) >= 11 is 0. The van der Waals surface area contributed by atoms with Crippen molar-refractivity contribution in [3.63, 3.8) is 0 Å². The van der Waals surface area contributed by atoms with Crippen molar-refractivity contribution in [1.82, 2.24) is 35.2 Å². The van der Waals surface area contributed by atoms with Crippen molar-refractivity contribution in [1.29, 1.82) is 0 Å². The molecule has 0 atom stereocenters. The first-order chi connectivity index (χ1) is 14.1. The van der Waals surface area contributed by atoms with Gasteiger partial charge in [-0.15, -0.1) is 0 Å². The van der Waals surface area contributed by atoms with Crippen molar-refractivity contribution in [2.75, 3.05) is 13.1 Å². The molecule has 3 aromatic rings. The van der Waals surface area contributed by atoms with Crippen LogP contribution in [0.2, 0.25) is 0 Å². The van der Waals surface area contributed by atoms with Crippen molar-refractivity contribution in [2.45, 2.75) is 46.8 Å². The first-order valence-corrected chi connectivity index (χ1v) is 10.1. The molecule has 0 fully saturated rings. The van der Waals surface area contributed by atoms with Gasteiger partial charge in [0.2, 0.25) is 0 Å². The molecule has 8 heteroatoms.